The third kappa shape index (κ3) is 5.55. The molecule has 0 saturated carbocycles. The largest absolute Gasteiger partial charge is 0.486 e. The number of rotatable bonds is 6. The van der Waals surface area contributed by atoms with Gasteiger partial charge in [0.25, 0.3) is 5.91 Å². The van der Waals surface area contributed by atoms with E-state index < -0.39 is 24.7 Å². The van der Waals surface area contributed by atoms with Crippen molar-refractivity contribution in [2.45, 2.75) is 18.7 Å². The summed E-state index contributed by atoms with van der Waals surface area (Å²) in [6, 6.07) is 11.2. The lowest BCUT2D eigenvalue weighted by atomic mass is 10.1. The first-order chi connectivity index (χ1) is 13.7. The lowest BCUT2D eigenvalue weighted by Gasteiger charge is -2.27. The Kier molecular flexibility index (Phi) is 6.54. The van der Waals surface area contributed by atoms with Crippen molar-refractivity contribution < 1.29 is 32.5 Å². The summed E-state index contributed by atoms with van der Waals surface area (Å²) in [7, 11) is 0. The molecule has 29 heavy (non-hydrogen) atoms. The Balaban J connectivity index is 1.79. The minimum absolute atomic E-state index is 0.0119. The van der Waals surface area contributed by atoms with Gasteiger partial charge < -0.3 is 19.5 Å². The summed E-state index contributed by atoms with van der Waals surface area (Å²) in [5.41, 5.74) is 0.954. The van der Waals surface area contributed by atoms with Crippen LogP contribution in [0.4, 0.5) is 13.2 Å². The Morgan fingerprint density at radius 3 is 2.41 bits per heavy atom. The van der Waals surface area contributed by atoms with Crippen LogP contribution in [0.2, 0.25) is 5.02 Å². The molecule has 0 saturated heterocycles. The van der Waals surface area contributed by atoms with Crippen molar-refractivity contribution in [3.63, 3.8) is 0 Å². The fraction of sp³-hybridized carbons (Fsp3) is 0.350. The second-order valence-corrected chi connectivity index (χ2v) is 6.98. The van der Waals surface area contributed by atoms with Gasteiger partial charge in [-0.3, -0.25) is 4.79 Å². The molecule has 1 N–H and O–H groups in total. The standard InChI is InChI=1S/C20H19ClF3NO4/c21-15-4-1-13(2-5-15)7-8-25(12-18(26)20(22,23)24)19(27)14-3-6-16-17(11-14)29-10-9-28-16/h1-6,11,18,26H,7-10,12H2. The lowest BCUT2D eigenvalue weighted by Crippen LogP contribution is -2.44. The first kappa shape index (κ1) is 21.3. The molecule has 1 unspecified atom stereocenters. The van der Waals surface area contributed by atoms with Gasteiger partial charge in [0.15, 0.2) is 17.6 Å². The molecular formula is C20H19ClF3NO4. The highest BCUT2D eigenvalue weighted by Crippen LogP contribution is 2.31. The van der Waals surface area contributed by atoms with Gasteiger partial charge in [-0.2, -0.15) is 13.2 Å². The van der Waals surface area contributed by atoms with Gasteiger partial charge >= 0.3 is 6.18 Å². The number of benzene rings is 2. The van der Waals surface area contributed by atoms with E-state index in [1.807, 2.05) is 0 Å². The highest BCUT2D eigenvalue weighted by atomic mass is 35.5. The second kappa shape index (κ2) is 8.92. The Morgan fingerprint density at radius 2 is 1.76 bits per heavy atom. The molecule has 0 aromatic heterocycles. The van der Waals surface area contributed by atoms with E-state index in [2.05, 4.69) is 0 Å². The Bertz CT molecular complexity index is 858. The predicted octanol–water partition coefficient (Wildman–Crippen LogP) is 3.72. The number of carbonyl (C=O) groups excluding carboxylic acids is 1. The third-order valence-electron chi connectivity index (χ3n) is 4.43. The number of fused-ring (bicyclic) bond motifs is 1. The van der Waals surface area contributed by atoms with E-state index in [1.165, 1.54) is 12.1 Å². The number of amides is 1. The minimum atomic E-state index is -4.83. The van der Waals surface area contributed by atoms with Crippen LogP contribution in [0.25, 0.3) is 0 Å². The summed E-state index contributed by atoms with van der Waals surface area (Å²) >= 11 is 5.84. The molecule has 0 radical (unpaired) electrons. The summed E-state index contributed by atoms with van der Waals surface area (Å²) in [5.74, 6) is 0.186. The minimum Gasteiger partial charge on any atom is -0.486 e. The number of carbonyl (C=O) groups is 1. The molecule has 2 aromatic carbocycles. The van der Waals surface area contributed by atoms with Gasteiger partial charge in [-0.05, 0) is 42.3 Å². The molecule has 5 nitrogen and oxygen atoms in total. The van der Waals surface area contributed by atoms with Gasteiger partial charge in [-0.15, -0.1) is 0 Å². The number of aliphatic hydroxyl groups is 1. The SMILES string of the molecule is O=C(c1ccc2c(c1)OCCO2)N(CCc1ccc(Cl)cc1)CC(O)C(F)(F)F. The quantitative estimate of drug-likeness (QED) is 0.760. The Hall–Kier alpha value is -2.45. The van der Waals surface area contributed by atoms with Crippen LogP contribution in [0, 0.1) is 0 Å². The fourth-order valence-corrected chi connectivity index (χ4v) is 2.99. The third-order valence-corrected chi connectivity index (χ3v) is 4.68. The molecule has 156 valence electrons. The fourth-order valence-electron chi connectivity index (χ4n) is 2.86. The smallest absolute Gasteiger partial charge is 0.416 e. The van der Waals surface area contributed by atoms with E-state index in [0.717, 1.165) is 10.5 Å². The molecule has 9 heteroatoms. The van der Waals surface area contributed by atoms with Crippen molar-refractivity contribution in [2.24, 2.45) is 0 Å². The van der Waals surface area contributed by atoms with E-state index in [0.29, 0.717) is 36.2 Å². The molecule has 0 spiro atoms. The summed E-state index contributed by atoms with van der Waals surface area (Å²) in [5, 5.41) is 10.0. The zero-order valence-electron chi connectivity index (χ0n) is 15.3. The van der Waals surface area contributed by atoms with Crippen LogP contribution in [0.15, 0.2) is 42.5 Å². The molecule has 2 aromatic rings. The molecule has 0 fully saturated rings. The average Bonchev–Trinajstić information content (AvgIpc) is 2.70. The van der Waals surface area contributed by atoms with E-state index in [1.54, 1.807) is 30.3 Å². The summed E-state index contributed by atoms with van der Waals surface area (Å²) < 4.78 is 49.4. The van der Waals surface area contributed by atoms with Crippen LogP contribution in [0.3, 0.4) is 0 Å². The molecule has 1 aliphatic heterocycles. The molecule has 1 amide bonds. The molecule has 0 aliphatic carbocycles. The van der Waals surface area contributed by atoms with Crippen LogP contribution in [0.1, 0.15) is 15.9 Å². The first-order valence-electron chi connectivity index (χ1n) is 8.92. The number of nitrogens with zero attached hydrogens (tertiary/aromatic N) is 1. The summed E-state index contributed by atoms with van der Waals surface area (Å²) in [6.45, 7) is -0.185. The maximum absolute atomic E-state index is 12.9. The maximum Gasteiger partial charge on any atom is 0.416 e. The molecule has 1 aliphatic rings. The highest BCUT2D eigenvalue weighted by Gasteiger charge is 2.40. The molecule has 3 rings (SSSR count). The normalized spacial score (nSPS) is 14.4. The number of halogens is 4. The van der Waals surface area contributed by atoms with Crippen molar-refractivity contribution in [3.05, 3.63) is 58.6 Å². The number of aliphatic hydroxyl groups excluding tert-OH is 1. The van der Waals surface area contributed by atoms with Gasteiger partial charge in [0.2, 0.25) is 0 Å². The van der Waals surface area contributed by atoms with Gasteiger partial charge in [0.05, 0.1) is 6.54 Å². The zero-order chi connectivity index (χ0) is 21.0. The van der Waals surface area contributed by atoms with Gasteiger partial charge in [-0.25, -0.2) is 0 Å². The van der Waals surface area contributed by atoms with E-state index in [4.69, 9.17) is 21.1 Å². The topological polar surface area (TPSA) is 59.0 Å². The number of hydrogen-bond acceptors (Lipinski definition) is 4. The molecule has 1 atom stereocenters. The van der Waals surface area contributed by atoms with Gasteiger partial charge in [-0.1, -0.05) is 23.7 Å². The van der Waals surface area contributed by atoms with Crippen molar-refractivity contribution in [3.8, 4) is 11.5 Å². The molecule has 0 bridgehead atoms. The van der Waals surface area contributed by atoms with E-state index in [9.17, 15) is 23.1 Å². The van der Waals surface area contributed by atoms with Crippen molar-refractivity contribution >= 4 is 17.5 Å². The van der Waals surface area contributed by atoms with Crippen LogP contribution in [0.5, 0.6) is 11.5 Å². The van der Waals surface area contributed by atoms with Crippen molar-refractivity contribution in [1.29, 1.82) is 0 Å². The lowest BCUT2D eigenvalue weighted by molar-refractivity contribution is -0.206. The molecular weight excluding hydrogens is 411 g/mol. The van der Waals surface area contributed by atoms with Crippen molar-refractivity contribution in [1.82, 2.24) is 4.90 Å². The van der Waals surface area contributed by atoms with Crippen LogP contribution >= 0.6 is 11.6 Å². The van der Waals surface area contributed by atoms with Gasteiger partial charge in [0.1, 0.15) is 13.2 Å². The molecule has 1 heterocycles. The summed E-state index contributed by atoms with van der Waals surface area (Å²) in [4.78, 5) is 13.9. The van der Waals surface area contributed by atoms with Crippen molar-refractivity contribution in [2.75, 3.05) is 26.3 Å². The Labute approximate surface area is 170 Å². The van der Waals surface area contributed by atoms with Gasteiger partial charge in [0, 0.05) is 17.1 Å². The summed E-state index contributed by atoms with van der Waals surface area (Å²) in [6.07, 6.45) is -7.17. The monoisotopic (exact) mass is 429 g/mol. The van der Waals surface area contributed by atoms with E-state index in [-0.39, 0.29) is 12.1 Å². The number of ether oxygens (including phenoxy) is 2. The first-order valence-corrected chi connectivity index (χ1v) is 9.30. The predicted molar refractivity (Wildman–Crippen MR) is 101 cm³/mol. The van der Waals surface area contributed by atoms with Crippen LogP contribution < -0.4 is 9.47 Å². The second-order valence-electron chi connectivity index (χ2n) is 6.54. The highest BCUT2D eigenvalue weighted by molar-refractivity contribution is 6.30. The van der Waals surface area contributed by atoms with E-state index >= 15 is 0 Å². The van der Waals surface area contributed by atoms with Crippen LogP contribution in [-0.4, -0.2) is 54.5 Å². The average molecular weight is 430 g/mol. The number of hydrogen-bond donors (Lipinski definition) is 1. The Morgan fingerprint density at radius 1 is 1.10 bits per heavy atom. The number of alkyl halides is 3. The maximum atomic E-state index is 12.9. The van der Waals surface area contributed by atoms with Crippen LogP contribution in [-0.2, 0) is 6.42 Å². The zero-order valence-corrected chi connectivity index (χ0v) is 16.0.